The van der Waals surface area contributed by atoms with Crippen molar-refractivity contribution < 1.29 is 22.5 Å². The zero-order chi connectivity index (χ0) is 21.1. The predicted molar refractivity (Wildman–Crippen MR) is 119 cm³/mol. The summed E-state index contributed by atoms with van der Waals surface area (Å²) in [4.78, 5) is 14.0. The molecular weight excluding hydrogens is 390 g/mol. The fourth-order valence-electron chi connectivity index (χ4n) is 7.95. The molecule has 0 aromatic heterocycles. The Labute approximate surface area is 184 Å². The molecule has 0 aromatic carbocycles. The summed E-state index contributed by atoms with van der Waals surface area (Å²) in [5, 5.41) is 0. The molecule has 0 spiro atoms. The molecule has 3 atom stereocenters. The average molecular weight is 431 g/mol. The van der Waals surface area contributed by atoms with Crippen LogP contribution in [0.5, 0.6) is 0 Å². The Morgan fingerprint density at radius 3 is 2.07 bits per heavy atom. The van der Waals surface area contributed by atoms with Crippen molar-refractivity contribution in [3.8, 4) is 0 Å². The molecule has 0 radical (unpaired) electrons. The summed E-state index contributed by atoms with van der Waals surface area (Å²) in [6.07, 6.45) is 9.81. The second kappa shape index (κ2) is 7.59. The average Bonchev–Trinajstić information content (AvgIpc) is 2.83. The van der Waals surface area contributed by atoms with Crippen molar-refractivity contribution in [3.05, 3.63) is 20.6 Å². The summed E-state index contributed by atoms with van der Waals surface area (Å²) in [6.45, 7) is 16.3. The van der Waals surface area contributed by atoms with Gasteiger partial charge in [0.2, 0.25) is 0 Å². The number of allylic oxidation sites excluding steroid dienone is 4. The normalized spacial score (nSPS) is 38.1. The third-order valence-corrected chi connectivity index (χ3v) is 14.2. The Hall–Kier alpha value is -0.466. The van der Waals surface area contributed by atoms with Crippen LogP contribution >= 0.6 is 0 Å². The van der Waals surface area contributed by atoms with Crippen LogP contribution in [0.25, 0.3) is 0 Å². The fraction of sp³-hybridized carbons (Fsp3) is 0.769. The van der Waals surface area contributed by atoms with Crippen LogP contribution in [0.3, 0.4) is 0 Å². The Morgan fingerprint density at radius 2 is 1.62 bits per heavy atom. The van der Waals surface area contributed by atoms with E-state index in [1.165, 1.54) is 36.0 Å². The first-order chi connectivity index (χ1) is 13.6. The summed E-state index contributed by atoms with van der Waals surface area (Å²) >= 11 is -2.00. The van der Waals surface area contributed by atoms with E-state index in [0.717, 1.165) is 43.9 Å². The minimum absolute atomic E-state index is 0.0580. The summed E-state index contributed by atoms with van der Waals surface area (Å²) in [6, 6.07) is 0. The zero-order valence-corrected chi connectivity index (χ0v) is 21.4. The summed E-state index contributed by atoms with van der Waals surface area (Å²) < 4.78 is 7.12. The number of rotatable bonds is 5. The topological polar surface area (TPSA) is 29.1 Å². The van der Waals surface area contributed by atoms with Gasteiger partial charge in [-0.25, -0.2) is 0 Å². The van der Waals surface area contributed by atoms with Crippen molar-refractivity contribution >= 4 is 9.72 Å². The first-order valence-corrected chi connectivity index (χ1v) is 14.4. The van der Waals surface area contributed by atoms with Crippen LogP contribution in [-0.4, -0.2) is 9.72 Å². The van der Waals surface area contributed by atoms with Gasteiger partial charge in [-0.15, -0.1) is 0 Å². The van der Waals surface area contributed by atoms with Gasteiger partial charge in [0.05, 0.1) is 0 Å². The van der Waals surface area contributed by atoms with E-state index in [-0.39, 0.29) is 5.41 Å². The Balaban J connectivity index is 1.68. The van der Waals surface area contributed by atoms with Crippen LogP contribution in [0.1, 0.15) is 99.8 Å². The van der Waals surface area contributed by atoms with Gasteiger partial charge >= 0.3 is 185 Å². The van der Waals surface area contributed by atoms with Gasteiger partial charge in [0.1, 0.15) is 0 Å². The molecule has 0 aromatic rings. The van der Waals surface area contributed by atoms with E-state index in [1.807, 2.05) is 0 Å². The molecule has 2 nitrogen and oxygen atoms in total. The molecule has 4 fully saturated rings. The maximum absolute atomic E-state index is 14.0. The fourth-order valence-corrected chi connectivity index (χ4v) is 12.8. The van der Waals surface area contributed by atoms with E-state index in [1.54, 1.807) is 7.69 Å². The summed E-state index contributed by atoms with van der Waals surface area (Å²) in [5.41, 5.74) is 4.85. The summed E-state index contributed by atoms with van der Waals surface area (Å²) in [7, 11) is 0. The molecule has 5 aliphatic carbocycles. The van der Waals surface area contributed by atoms with E-state index < -0.39 is 17.7 Å². The molecule has 5 aliphatic rings. The number of hydrogen-bond acceptors (Lipinski definition) is 1. The van der Waals surface area contributed by atoms with Crippen molar-refractivity contribution in [1.29, 1.82) is 0 Å². The van der Waals surface area contributed by atoms with Crippen LogP contribution in [-0.2, 0) is 22.5 Å². The SMILES string of the molecule is CC[C](CC)=[Ti]([NH]C(=O)C12CC3CC(CC(C)(C3)C1)C2)[C]1=C(C)C(C)=C(C)C1C. The first-order valence-electron chi connectivity index (χ1n) is 12.1. The monoisotopic (exact) mass is 431 g/mol. The molecule has 29 heavy (non-hydrogen) atoms. The number of carbonyl (C=O) groups excluding carboxylic acids is 1. The number of nitrogens with one attached hydrogen (secondary N) is 1. The van der Waals surface area contributed by atoms with Gasteiger partial charge in [-0.05, 0) is 0 Å². The number of carbonyl (C=O) groups is 1. The Kier molecular flexibility index (Phi) is 5.69. The van der Waals surface area contributed by atoms with E-state index >= 15 is 0 Å². The molecule has 0 heterocycles. The van der Waals surface area contributed by atoms with Crippen LogP contribution < -0.4 is 3.80 Å². The van der Waals surface area contributed by atoms with E-state index in [9.17, 15) is 4.79 Å². The maximum atomic E-state index is 14.0. The molecule has 4 saturated carbocycles. The predicted octanol–water partition coefficient (Wildman–Crippen LogP) is 6.49. The van der Waals surface area contributed by atoms with Crippen LogP contribution in [0.15, 0.2) is 20.6 Å². The van der Waals surface area contributed by atoms with Crippen molar-refractivity contribution in [2.45, 2.75) is 99.8 Å². The zero-order valence-electron chi connectivity index (χ0n) is 19.8. The van der Waals surface area contributed by atoms with E-state index in [0.29, 0.717) is 17.2 Å². The molecular formula is C26H41NOTi. The molecule has 3 unspecified atom stereocenters. The van der Waals surface area contributed by atoms with Crippen LogP contribution in [0.2, 0.25) is 0 Å². The van der Waals surface area contributed by atoms with E-state index in [4.69, 9.17) is 0 Å². The van der Waals surface area contributed by atoms with Crippen molar-refractivity contribution in [1.82, 2.24) is 3.80 Å². The number of hydrogen-bond donors (Lipinski definition) is 1. The van der Waals surface area contributed by atoms with Crippen molar-refractivity contribution in [2.24, 2.45) is 28.6 Å². The minimum atomic E-state index is -2.00. The van der Waals surface area contributed by atoms with Gasteiger partial charge in [-0.2, -0.15) is 0 Å². The van der Waals surface area contributed by atoms with Gasteiger partial charge in [0, 0.05) is 0 Å². The molecule has 1 N–H and O–H groups in total. The molecule has 1 amide bonds. The molecule has 0 aliphatic heterocycles. The van der Waals surface area contributed by atoms with Crippen LogP contribution in [0.4, 0.5) is 0 Å². The van der Waals surface area contributed by atoms with Gasteiger partial charge in [0.15, 0.2) is 0 Å². The standard InChI is InChI=1S/C12H19NO.C9H13.C5H10.Ti/c1-11-3-8-2-9(4-11)6-12(5-8,7-11)10(13)14;1-6-5-7(2)9(4)8(6)3;1-3-5-4-2;/h8-9H,2-7H2,1H3,(H2,13,14);6H,1-4H3;3-4H2,1-2H3;/q;;;+1/p-1. The molecule has 4 bridgehead atoms. The molecule has 3 heteroatoms. The van der Waals surface area contributed by atoms with Gasteiger partial charge in [0.25, 0.3) is 0 Å². The third-order valence-electron chi connectivity index (χ3n) is 9.19. The quantitative estimate of drug-likeness (QED) is 0.495. The van der Waals surface area contributed by atoms with Gasteiger partial charge in [-0.1, -0.05) is 0 Å². The third kappa shape index (κ3) is 3.51. The Morgan fingerprint density at radius 1 is 1.03 bits per heavy atom. The first kappa shape index (κ1) is 21.8. The second-order valence-electron chi connectivity index (χ2n) is 11.3. The van der Waals surface area contributed by atoms with Gasteiger partial charge < -0.3 is 0 Å². The van der Waals surface area contributed by atoms with Gasteiger partial charge in [-0.3, -0.25) is 0 Å². The van der Waals surface area contributed by atoms with Crippen molar-refractivity contribution in [2.75, 3.05) is 0 Å². The van der Waals surface area contributed by atoms with Crippen molar-refractivity contribution in [3.63, 3.8) is 0 Å². The molecule has 160 valence electrons. The number of amides is 1. The summed E-state index contributed by atoms with van der Waals surface area (Å²) in [5.74, 6) is 2.55. The van der Waals surface area contributed by atoms with Crippen LogP contribution in [0, 0.1) is 28.6 Å². The second-order valence-corrected chi connectivity index (χ2v) is 14.8. The molecule has 5 rings (SSSR count). The molecule has 0 saturated heterocycles. The Bertz CT molecular complexity index is 810. The van der Waals surface area contributed by atoms with E-state index in [2.05, 4.69) is 52.3 Å².